The van der Waals surface area contributed by atoms with Gasteiger partial charge in [0.2, 0.25) is 5.91 Å². The highest BCUT2D eigenvalue weighted by Crippen LogP contribution is 2.43. The zero-order valence-corrected chi connectivity index (χ0v) is 17.5. The monoisotopic (exact) mass is 424 g/mol. The maximum Gasteiger partial charge on any atom is 0.259 e. The first-order valence-electron chi connectivity index (χ1n) is 10.6. The predicted molar refractivity (Wildman–Crippen MR) is 121 cm³/mol. The fourth-order valence-corrected chi connectivity index (χ4v) is 4.29. The molecule has 1 aliphatic carbocycles. The summed E-state index contributed by atoms with van der Waals surface area (Å²) in [5, 5.41) is 7.93. The number of anilines is 2. The normalized spacial score (nSPS) is 15.3. The Hall–Kier alpha value is -4.00. The van der Waals surface area contributed by atoms with Gasteiger partial charge in [0, 0.05) is 29.9 Å². The molecule has 4 aromatic rings. The van der Waals surface area contributed by atoms with Crippen LogP contribution < -0.4 is 10.2 Å². The van der Waals surface area contributed by atoms with Crippen molar-refractivity contribution in [2.45, 2.75) is 25.2 Å². The third-order valence-electron chi connectivity index (χ3n) is 6.17. The van der Waals surface area contributed by atoms with Crippen LogP contribution >= 0.6 is 0 Å². The van der Waals surface area contributed by atoms with E-state index in [-0.39, 0.29) is 11.8 Å². The number of nitrogens with one attached hydrogen (secondary N) is 1. The molecule has 0 saturated heterocycles. The summed E-state index contributed by atoms with van der Waals surface area (Å²) in [4.78, 5) is 31.7. The van der Waals surface area contributed by atoms with Crippen molar-refractivity contribution in [3.8, 4) is 11.3 Å². The van der Waals surface area contributed by atoms with Crippen LogP contribution in [0.15, 0.2) is 59.1 Å². The fourth-order valence-electron chi connectivity index (χ4n) is 4.29. The van der Waals surface area contributed by atoms with Crippen molar-refractivity contribution < 1.29 is 14.1 Å². The van der Waals surface area contributed by atoms with Crippen LogP contribution in [0.2, 0.25) is 0 Å². The molecule has 1 aliphatic heterocycles. The standard InChI is InChI=1S/C25H20N4O3/c1-29-20-10-9-17(11-16(20)12-21(29)30)26-24(31)18-13-19(14-5-3-2-4-6-14)27-25-22(18)23(28-32-25)15-7-8-15/h2-6,9-11,13,15H,7-8,12H2,1H3,(H,26,31). The Balaban J connectivity index is 1.42. The molecule has 158 valence electrons. The fraction of sp³-hybridized carbons (Fsp3) is 0.200. The highest BCUT2D eigenvalue weighted by Gasteiger charge is 2.32. The zero-order chi connectivity index (χ0) is 21.8. The Morgan fingerprint density at radius 3 is 2.72 bits per heavy atom. The maximum absolute atomic E-state index is 13.4. The summed E-state index contributed by atoms with van der Waals surface area (Å²) in [5.41, 5.74) is 5.65. The van der Waals surface area contributed by atoms with E-state index in [1.807, 2.05) is 48.5 Å². The van der Waals surface area contributed by atoms with E-state index in [4.69, 9.17) is 4.52 Å². The van der Waals surface area contributed by atoms with E-state index >= 15 is 0 Å². The van der Waals surface area contributed by atoms with E-state index in [0.29, 0.717) is 40.4 Å². The number of nitrogens with zero attached hydrogens (tertiary/aromatic N) is 3. The molecule has 0 bridgehead atoms. The number of pyridine rings is 1. The topological polar surface area (TPSA) is 88.3 Å². The first-order chi connectivity index (χ1) is 15.6. The first kappa shape index (κ1) is 18.7. The average molecular weight is 424 g/mol. The number of hydrogen-bond acceptors (Lipinski definition) is 5. The second kappa shape index (κ2) is 7.02. The second-order valence-electron chi connectivity index (χ2n) is 8.37. The van der Waals surface area contributed by atoms with Crippen LogP contribution in [0.4, 0.5) is 11.4 Å². The van der Waals surface area contributed by atoms with Crippen molar-refractivity contribution in [1.82, 2.24) is 10.1 Å². The van der Waals surface area contributed by atoms with E-state index in [1.165, 1.54) is 0 Å². The largest absolute Gasteiger partial charge is 0.335 e. The summed E-state index contributed by atoms with van der Waals surface area (Å²) in [6, 6.07) is 17.0. The maximum atomic E-state index is 13.4. The minimum atomic E-state index is -0.252. The molecule has 7 nitrogen and oxygen atoms in total. The molecule has 0 spiro atoms. The van der Waals surface area contributed by atoms with Crippen molar-refractivity contribution in [1.29, 1.82) is 0 Å². The minimum Gasteiger partial charge on any atom is -0.335 e. The Morgan fingerprint density at radius 1 is 1.12 bits per heavy atom. The number of hydrogen-bond donors (Lipinski definition) is 1. The number of carbonyl (C=O) groups is 2. The summed E-state index contributed by atoms with van der Waals surface area (Å²) in [7, 11) is 1.76. The molecule has 1 saturated carbocycles. The SMILES string of the molecule is CN1C(=O)Cc2cc(NC(=O)c3cc(-c4ccccc4)nc4onc(C5CC5)c34)ccc21. The van der Waals surface area contributed by atoms with Gasteiger partial charge in [-0.3, -0.25) is 9.59 Å². The molecule has 1 fully saturated rings. The number of aromatic nitrogens is 2. The molecule has 2 aromatic carbocycles. The molecule has 2 aliphatic rings. The van der Waals surface area contributed by atoms with E-state index < -0.39 is 0 Å². The second-order valence-corrected chi connectivity index (χ2v) is 8.37. The number of likely N-dealkylation sites (N-methyl/N-ethyl adjacent to an activating group) is 1. The van der Waals surface area contributed by atoms with Gasteiger partial charge in [-0.1, -0.05) is 35.5 Å². The van der Waals surface area contributed by atoms with Crippen LogP contribution in [0.1, 0.15) is 40.4 Å². The smallest absolute Gasteiger partial charge is 0.259 e. The molecule has 6 rings (SSSR count). The number of fused-ring (bicyclic) bond motifs is 2. The molecule has 3 heterocycles. The van der Waals surface area contributed by atoms with Crippen molar-refractivity contribution >= 4 is 34.3 Å². The molecule has 0 unspecified atom stereocenters. The van der Waals surface area contributed by atoms with E-state index in [1.54, 1.807) is 18.0 Å². The Labute approximate surface area is 184 Å². The Bertz CT molecular complexity index is 1390. The van der Waals surface area contributed by atoms with Crippen LogP contribution in [0.5, 0.6) is 0 Å². The summed E-state index contributed by atoms with van der Waals surface area (Å²) >= 11 is 0. The average Bonchev–Trinajstić information content (AvgIpc) is 3.50. The molecular weight excluding hydrogens is 404 g/mol. The van der Waals surface area contributed by atoms with Gasteiger partial charge >= 0.3 is 0 Å². The number of amides is 2. The highest BCUT2D eigenvalue weighted by atomic mass is 16.5. The number of benzene rings is 2. The lowest BCUT2D eigenvalue weighted by molar-refractivity contribution is -0.117. The lowest BCUT2D eigenvalue weighted by Crippen LogP contribution is -2.20. The molecule has 0 atom stereocenters. The lowest BCUT2D eigenvalue weighted by Gasteiger charge is -2.12. The van der Waals surface area contributed by atoms with Crippen molar-refractivity contribution in [2.75, 3.05) is 17.3 Å². The summed E-state index contributed by atoms with van der Waals surface area (Å²) < 4.78 is 5.55. The third kappa shape index (κ3) is 3.05. The van der Waals surface area contributed by atoms with Crippen LogP contribution in [-0.2, 0) is 11.2 Å². The van der Waals surface area contributed by atoms with E-state index in [9.17, 15) is 9.59 Å². The quantitative estimate of drug-likeness (QED) is 0.520. The molecule has 1 N–H and O–H groups in total. The first-order valence-corrected chi connectivity index (χ1v) is 10.6. The van der Waals surface area contributed by atoms with Gasteiger partial charge in [0.25, 0.3) is 11.6 Å². The van der Waals surface area contributed by atoms with Gasteiger partial charge < -0.3 is 14.7 Å². The van der Waals surface area contributed by atoms with Crippen LogP contribution in [-0.4, -0.2) is 29.0 Å². The van der Waals surface area contributed by atoms with Gasteiger partial charge in [-0.2, -0.15) is 0 Å². The molecule has 2 amide bonds. The van der Waals surface area contributed by atoms with Crippen molar-refractivity contribution in [2.24, 2.45) is 0 Å². The van der Waals surface area contributed by atoms with E-state index in [0.717, 1.165) is 35.3 Å². The van der Waals surface area contributed by atoms with Gasteiger partial charge in [0.15, 0.2) is 0 Å². The van der Waals surface area contributed by atoms with E-state index in [2.05, 4.69) is 15.5 Å². The van der Waals surface area contributed by atoms with Crippen molar-refractivity contribution in [3.05, 3.63) is 71.4 Å². The molecule has 0 radical (unpaired) electrons. The lowest BCUT2D eigenvalue weighted by atomic mass is 10.0. The van der Waals surface area contributed by atoms with Gasteiger partial charge in [-0.15, -0.1) is 0 Å². The molecular formula is C25H20N4O3. The summed E-state index contributed by atoms with van der Waals surface area (Å²) in [5.74, 6) is 0.108. The predicted octanol–water partition coefficient (Wildman–Crippen LogP) is 4.54. The third-order valence-corrected chi connectivity index (χ3v) is 6.17. The van der Waals surface area contributed by atoms with Crippen LogP contribution in [0.3, 0.4) is 0 Å². The summed E-state index contributed by atoms with van der Waals surface area (Å²) in [6.45, 7) is 0. The molecule has 7 heteroatoms. The number of rotatable bonds is 4. The van der Waals surface area contributed by atoms with Gasteiger partial charge in [0.1, 0.15) is 0 Å². The van der Waals surface area contributed by atoms with Gasteiger partial charge in [0.05, 0.1) is 28.8 Å². The van der Waals surface area contributed by atoms with Crippen LogP contribution in [0.25, 0.3) is 22.4 Å². The summed E-state index contributed by atoms with van der Waals surface area (Å²) in [6.07, 6.45) is 2.41. The van der Waals surface area contributed by atoms with Gasteiger partial charge in [-0.25, -0.2) is 4.98 Å². The van der Waals surface area contributed by atoms with Crippen molar-refractivity contribution in [3.63, 3.8) is 0 Å². The Morgan fingerprint density at radius 2 is 1.94 bits per heavy atom. The minimum absolute atomic E-state index is 0.0466. The zero-order valence-electron chi connectivity index (χ0n) is 17.5. The molecule has 2 aromatic heterocycles. The van der Waals surface area contributed by atoms with Gasteiger partial charge in [-0.05, 0) is 42.7 Å². The Kier molecular flexibility index (Phi) is 4.11. The molecule has 32 heavy (non-hydrogen) atoms. The number of carbonyl (C=O) groups excluding carboxylic acids is 2. The van der Waals surface area contributed by atoms with Crippen LogP contribution in [0, 0.1) is 0 Å². The highest BCUT2D eigenvalue weighted by molar-refractivity contribution is 6.13.